The summed E-state index contributed by atoms with van der Waals surface area (Å²) < 4.78 is 10.7. The number of carbonyl (C=O) groups excluding carboxylic acids is 1. The van der Waals surface area contributed by atoms with Gasteiger partial charge in [0, 0.05) is 29.9 Å². The fourth-order valence-corrected chi connectivity index (χ4v) is 2.80. The zero-order valence-corrected chi connectivity index (χ0v) is 15.3. The van der Waals surface area contributed by atoms with Crippen LogP contribution in [0.25, 0.3) is 0 Å². The number of anilines is 1. The minimum Gasteiger partial charge on any atom is -0.454 e. The van der Waals surface area contributed by atoms with Gasteiger partial charge in [0.25, 0.3) is 5.91 Å². The molecule has 3 rings (SSSR count). The second kappa shape index (κ2) is 7.91. The maximum atomic E-state index is 12.3. The molecule has 6 nitrogen and oxygen atoms in total. The molecule has 0 spiro atoms. The minimum absolute atomic E-state index is 0.231. The summed E-state index contributed by atoms with van der Waals surface area (Å²) in [5, 5.41) is 4.20. The zero-order valence-electron chi connectivity index (χ0n) is 15.3. The van der Waals surface area contributed by atoms with Crippen LogP contribution < -0.4 is 19.8 Å². The number of hydrazone groups is 1. The largest absolute Gasteiger partial charge is 0.454 e. The first-order valence-corrected chi connectivity index (χ1v) is 8.72. The molecular formula is C20H23N3O3. The second-order valence-electron chi connectivity index (χ2n) is 5.93. The van der Waals surface area contributed by atoms with Crippen LogP contribution in [0.15, 0.2) is 47.6 Å². The van der Waals surface area contributed by atoms with Crippen molar-refractivity contribution >= 4 is 17.3 Å². The van der Waals surface area contributed by atoms with E-state index in [4.69, 9.17) is 9.47 Å². The quantitative estimate of drug-likeness (QED) is 0.638. The summed E-state index contributed by atoms with van der Waals surface area (Å²) in [4.78, 5) is 14.5. The van der Waals surface area contributed by atoms with Crippen LogP contribution >= 0.6 is 0 Å². The van der Waals surface area contributed by atoms with Crippen molar-refractivity contribution in [2.24, 2.45) is 5.10 Å². The van der Waals surface area contributed by atoms with Gasteiger partial charge < -0.3 is 14.4 Å². The lowest BCUT2D eigenvalue weighted by atomic mass is 10.1. The second-order valence-corrected chi connectivity index (χ2v) is 5.93. The molecule has 2 aromatic rings. The van der Waals surface area contributed by atoms with E-state index in [-0.39, 0.29) is 12.7 Å². The number of carbonyl (C=O) groups is 1. The van der Waals surface area contributed by atoms with Gasteiger partial charge in [-0.2, -0.15) is 5.10 Å². The summed E-state index contributed by atoms with van der Waals surface area (Å²) in [6.45, 7) is 8.15. The summed E-state index contributed by atoms with van der Waals surface area (Å²) in [5.41, 5.74) is 5.84. The molecule has 2 aromatic carbocycles. The van der Waals surface area contributed by atoms with Crippen LogP contribution in [-0.2, 0) is 0 Å². The van der Waals surface area contributed by atoms with Crippen LogP contribution in [0.1, 0.15) is 36.7 Å². The molecule has 0 atom stereocenters. The Labute approximate surface area is 153 Å². The van der Waals surface area contributed by atoms with E-state index < -0.39 is 0 Å². The van der Waals surface area contributed by atoms with E-state index >= 15 is 0 Å². The maximum absolute atomic E-state index is 12.3. The number of hydrogen-bond donors (Lipinski definition) is 1. The molecule has 1 N–H and O–H groups in total. The monoisotopic (exact) mass is 353 g/mol. The highest BCUT2D eigenvalue weighted by atomic mass is 16.7. The van der Waals surface area contributed by atoms with Crippen LogP contribution in [0, 0.1) is 0 Å². The number of nitrogens with one attached hydrogen (secondary N) is 1. The average Bonchev–Trinajstić information content (AvgIpc) is 3.15. The average molecular weight is 353 g/mol. The first-order valence-electron chi connectivity index (χ1n) is 8.72. The van der Waals surface area contributed by atoms with E-state index in [2.05, 4.69) is 29.3 Å². The molecular weight excluding hydrogens is 330 g/mol. The fraction of sp³-hybridized carbons (Fsp3) is 0.300. The molecule has 26 heavy (non-hydrogen) atoms. The van der Waals surface area contributed by atoms with Crippen LogP contribution in [-0.4, -0.2) is 31.5 Å². The van der Waals surface area contributed by atoms with Crippen molar-refractivity contribution in [1.29, 1.82) is 0 Å². The molecule has 0 bridgehead atoms. The molecule has 0 radical (unpaired) electrons. The lowest BCUT2D eigenvalue weighted by Crippen LogP contribution is -2.22. The van der Waals surface area contributed by atoms with E-state index in [9.17, 15) is 4.79 Å². The summed E-state index contributed by atoms with van der Waals surface area (Å²) in [5.74, 6) is 1.17. The summed E-state index contributed by atoms with van der Waals surface area (Å²) in [7, 11) is 0. The Hall–Kier alpha value is -3.02. The molecule has 1 heterocycles. The Morgan fingerprint density at radius 3 is 2.38 bits per heavy atom. The van der Waals surface area contributed by atoms with Crippen molar-refractivity contribution in [3.8, 4) is 11.5 Å². The molecule has 1 aliphatic rings. The minimum atomic E-state index is -0.240. The van der Waals surface area contributed by atoms with Crippen molar-refractivity contribution in [2.75, 3.05) is 24.8 Å². The molecule has 1 amide bonds. The van der Waals surface area contributed by atoms with Gasteiger partial charge in [0.2, 0.25) is 6.79 Å². The van der Waals surface area contributed by atoms with E-state index in [0.717, 1.165) is 30.1 Å². The molecule has 0 unspecified atom stereocenters. The van der Waals surface area contributed by atoms with Crippen molar-refractivity contribution in [3.63, 3.8) is 0 Å². The normalized spacial score (nSPS) is 12.8. The highest BCUT2D eigenvalue weighted by Gasteiger charge is 2.14. The molecule has 136 valence electrons. The topological polar surface area (TPSA) is 63.2 Å². The van der Waals surface area contributed by atoms with E-state index in [1.165, 1.54) is 0 Å². The number of fused-ring (bicyclic) bond motifs is 1. The Morgan fingerprint density at radius 2 is 1.69 bits per heavy atom. The number of amides is 1. The molecule has 0 saturated carbocycles. The lowest BCUT2D eigenvalue weighted by molar-refractivity contribution is 0.0955. The highest BCUT2D eigenvalue weighted by Crippen LogP contribution is 2.32. The predicted molar refractivity (Wildman–Crippen MR) is 102 cm³/mol. The van der Waals surface area contributed by atoms with Gasteiger partial charge in [-0.3, -0.25) is 4.79 Å². The van der Waals surface area contributed by atoms with Gasteiger partial charge in [-0.05, 0) is 63.2 Å². The molecule has 0 aromatic heterocycles. The summed E-state index contributed by atoms with van der Waals surface area (Å²) in [6.07, 6.45) is 0. The van der Waals surface area contributed by atoms with E-state index in [1.807, 2.05) is 49.4 Å². The van der Waals surface area contributed by atoms with Gasteiger partial charge in [0.15, 0.2) is 11.5 Å². The molecule has 6 heteroatoms. The third-order valence-electron chi connectivity index (χ3n) is 4.37. The number of nitrogens with zero attached hydrogens (tertiary/aromatic N) is 2. The predicted octanol–water partition coefficient (Wildman–Crippen LogP) is 3.42. The first-order chi connectivity index (χ1) is 12.6. The fourth-order valence-electron chi connectivity index (χ4n) is 2.80. The Bertz CT molecular complexity index is 812. The molecule has 0 saturated heterocycles. The van der Waals surface area contributed by atoms with Gasteiger partial charge in [0.1, 0.15) is 0 Å². The maximum Gasteiger partial charge on any atom is 0.271 e. The van der Waals surface area contributed by atoms with Crippen molar-refractivity contribution < 1.29 is 14.3 Å². The molecule has 0 fully saturated rings. The SMILES string of the molecule is CCN(CC)c1ccc(C(=O)N/N=C(\C)c2ccc3c(c2)OCO3)cc1. The van der Waals surface area contributed by atoms with Gasteiger partial charge in [-0.25, -0.2) is 5.43 Å². The van der Waals surface area contributed by atoms with Gasteiger partial charge in [-0.1, -0.05) is 0 Å². The van der Waals surface area contributed by atoms with E-state index in [1.54, 1.807) is 0 Å². The van der Waals surface area contributed by atoms with Crippen LogP contribution in [0.2, 0.25) is 0 Å². The first kappa shape index (κ1) is 17.8. The van der Waals surface area contributed by atoms with Crippen LogP contribution in [0.5, 0.6) is 11.5 Å². The smallest absolute Gasteiger partial charge is 0.271 e. The number of benzene rings is 2. The van der Waals surface area contributed by atoms with Gasteiger partial charge in [-0.15, -0.1) is 0 Å². The highest BCUT2D eigenvalue weighted by molar-refractivity contribution is 6.01. The third kappa shape index (κ3) is 3.79. The molecule has 1 aliphatic heterocycles. The van der Waals surface area contributed by atoms with Crippen molar-refractivity contribution in [1.82, 2.24) is 5.43 Å². The third-order valence-corrected chi connectivity index (χ3v) is 4.37. The number of hydrogen-bond acceptors (Lipinski definition) is 5. The summed E-state index contributed by atoms with van der Waals surface area (Å²) >= 11 is 0. The Morgan fingerprint density at radius 1 is 1.04 bits per heavy atom. The number of ether oxygens (including phenoxy) is 2. The standard InChI is InChI=1S/C20H23N3O3/c1-4-23(5-2)17-9-6-15(7-10-17)20(24)22-21-14(3)16-8-11-18-19(12-16)26-13-25-18/h6-12H,4-5,13H2,1-3H3,(H,22,24)/b21-14+. The van der Waals surface area contributed by atoms with Crippen LogP contribution in [0.3, 0.4) is 0 Å². The number of rotatable bonds is 6. The van der Waals surface area contributed by atoms with Gasteiger partial charge >= 0.3 is 0 Å². The van der Waals surface area contributed by atoms with Crippen molar-refractivity contribution in [3.05, 3.63) is 53.6 Å². The zero-order chi connectivity index (χ0) is 18.5. The Kier molecular flexibility index (Phi) is 5.41. The van der Waals surface area contributed by atoms with Crippen molar-refractivity contribution in [2.45, 2.75) is 20.8 Å². The van der Waals surface area contributed by atoms with E-state index in [0.29, 0.717) is 17.0 Å². The Balaban J connectivity index is 1.66. The lowest BCUT2D eigenvalue weighted by Gasteiger charge is -2.20. The van der Waals surface area contributed by atoms with Crippen LogP contribution in [0.4, 0.5) is 5.69 Å². The molecule has 0 aliphatic carbocycles. The van der Waals surface area contributed by atoms with Gasteiger partial charge in [0.05, 0.1) is 5.71 Å². The summed E-state index contributed by atoms with van der Waals surface area (Å²) in [6, 6.07) is 13.1.